The molecule has 0 aliphatic heterocycles. The minimum Gasteiger partial charge on any atom is -0.294 e. The lowest BCUT2D eigenvalue weighted by Gasteiger charge is -2.10. The van der Waals surface area contributed by atoms with E-state index in [1.54, 1.807) is 0 Å². The van der Waals surface area contributed by atoms with E-state index in [1.165, 1.54) is 11.1 Å². The third-order valence-corrected chi connectivity index (χ3v) is 3.48. The molecule has 1 aromatic rings. The summed E-state index contributed by atoms with van der Waals surface area (Å²) < 4.78 is 0.989. The first-order chi connectivity index (χ1) is 7.25. The molecular weight excluding hydrogens is 252 g/mol. The summed E-state index contributed by atoms with van der Waals surface area (Å²) in [5, 5.41) is 0. The molecule has 15 heavy (non-hydrogen) atoms. The first kappa shape index (κ1) is 9.10. The van der Waals surface area contributed by atoms with Gasteiger partial charge < -0.3 is 0 Å². The van der Waals surface area contributed by atoms with Gasteiger partial charge in [0.1, 0.15) is 0 Å². The van der Waals surface area contributed by atoms with Gasteiger partial charge in [-0.1, -0.05) is 40.2 Å². The lowest BCUT2D eigenvalue weighted by Crippen LogP contribution is -2.06. The van der Waals surface area contributed by atoms with Gasteiger partial charge in [-0.2, -0.15) is 0 Å². The van der Waals surface area contributed by atoms with Gasteiger partial charge in [0.25, 0.3) is 0 Å². The molecule has 0 unspecified atom stereocenters. The van der Waals surface area contributed by atoms with Crippen LogP contribution in [-0.4, -0.2) is 5.78 Å². The summed E-state index contributed by atoms with van der Waals surface area (Å²) in [4.78, 5) is 11.8. The highest BCUT2D eigenvalue weighted by Gasteiger charge is 2.27. The fourth-order valence-corrected chi connectivity index (χ4v) is 2.75. The Hall–Kier alpha value is -1.15. The zero-order valence-electron chi connectivity index (χ0n) is 8.09. The lowest BCUT2D eigenvalue weighted by atomic mass is 9.97. The summed E-state index contributed by atoms with van der Waals surface area (Å²) in [6, 6.07) is 8.24. The molecule has 2 aliphatic rings. The second kappa shape index (κ2) is 3.17. The number of fused-ring (bicyclic) bond motifs is 2. The van der Waals surface area contributed by atoms with Crippen molar-refractivity contribution in [2.75, 3.05) is 0 Å². The summed E-state index contributed by atoms with van der Waals surface area (Å²) in [6.45, 7) is 0. The van der Waals surface area contributed by atoms with Crippen molar-refractivity contribution < 1.29 is 4.79 Å². The number of rotatable bonds is 0. The Morgan fingerprint density at radius 3 is 2.80 bits per heavy atom. The summed E-state index contributed by atoms with van der Waals surface area (Å²) in [5.74, 6) is 0.260. The Labute approximate surface area is 96.6 Å². The Morgan fingerprint density at radius 1 is 1.13 bits per heavy atom. The van der Waals surface area contributed by atoms with Crippen LogP contribution in [0.25, 0.3) is 5.57 Å². The zero-order valence-corrected chi connectivity index (χ0v) is 9.67. The van der Waals surface area contributed by atoms with Gasteiger partial charge in [0, 0.05) is 22.9 Å². The molecular formula is C13H9BrO. The number of ketones is 1. The van der Waals surface area contributed by atoms with Gasteiger partial charge in [-0.05, 0) is 22.8 Å². The first-order valence-corrected chi connectivity index (χ1v) is 5.76. The van der Waals surface area contributed by atoms with Gasteiger partial charge in [0.05, 0.1) is 0 Å². The number of hydrogen-bond acceptors (Lipinski definition) is 1. The molecule has 0 bridgehead atoms. The predicted octanol–water partition coefficient (Wildman–Crippen LogP) is 3.25. The van der Waals surface area contributed by atoms with Gasteiger partial charge in [-0.15, -0.1) is 0 Å². The number of hydrogen-bond donors (Lipinski definition) is 0. The van der Waals surface area contributed by atoms with Crippen LogP contribution in [0.2, 0.25) is 0 Å². The molecule has 0 atom stereocenters. The van der Waals surface area contributed by atoms with Gasteiger partial charge in [-0.25, -0.2) is 0 Å². The van der Waals surface area contributed by atoms with Crippen LogP contribution in [0.5, 0.6) is 0 Å². The maximum Gasteiger partial charge on any atom is 0.164 e. The Balaban J connectivity index is 2.21. The second-order valence-corrected chi connectivity index (χ2v) is 4.94. The minimum atomic E-state index is 0.260. The van der Waals surface area contributed by atoms with Gasteiger partial charge in [0.15, 0.2) is 5.78 Å². The molecule has 2 heteroatoms. The number of benzene rings is 1. The topological polar surface area (TPSA) is 17.1 Å². The van der Waals surface area contributed by atoms with E-state index in [0.29, 0.717) is 6.42 Å². The van der Waals surface area contributed by atoms with Crippen LogP contribution in [0.4, 0.5) is 0 Å². The van der Waals surface area contributed by atoms with Crippen LogP contribution in [0.15, 0.2) is 40.4 Å². The quantitative estimate of drug-likeness (QED) is 0.700. The van der Waals surface area contributed by atoms with E-state index in [2.05, 4.69) is 34.1 Å². The van der Waals surface area contributed by atoms with Crippen LogP contribution >= 0.6 is 15.9 Å². The van der Waals surface area contributed by atoms with Crippen LogP contribution in [-0.2, 0) is 11.2 Å². The molecule has 74 valence electrons. The van der Waals surface area contributed by atoms with E-state index < -0.39 is 0 Å². The molecule has 0 spiro atoms. The molecule has 0 fully saturated rings. The average molecular weight is 261 g/mol. The van der Waals surface area contributed by atoms with E-state index in [0.717, 1.165) is 22.0 Å². The molecule has 0 aromatic heterocycles. The van der Waals surface area contributed by atoms with Gasteiger partial charge in [0.2, 0.25) is 0 Å². The summed E-state index contributed by atoms with van der Waals surface area (Å²) >= 11 is 3.42. The fourth-order valence-electron chi connectivity index (χ4n) is 2.27. The molecule has 1 aromatic carbocycles. The van der Waals surface area contributed by atoms with Gasteiger partial charge in [-0.3, -0.25) is 4.79 Å². The van der Waals surface area contributed by atoms with Crippen molar-refractivity contribution in [3.8, 4) is 0 Å². The van der Waals surface area contributed by atoms with E-state index in [4.69, 9.17) is 0 Å². The molecule has 0 saturated carbocycles. The normalized spacial score (nSPS) is 18.7. The SMILES string of the molecule is O=C1CC(Br)=CC2=C1Cc1ccccc12. The molecule has 0 N–H and O–H groups in total. The van der Waals surface area contributed by atoms with Crippen LogP contribution < -0.4 is 0 Å². The van der Waals surface area contributed by atoms with Crippen LogP contribution in [0.1, 0.15) is 17.5 Å². The van der Waals surface area contributed by atoms with Crippen molar-refractivity contribution in [3.63, 3.8) is 0 Å². The monoisotopic (exact) mass is 260 g/mol. The molecule has 0 radical (unpaired) electrons. The average Bonchev–Trinajstić information content (AvgIpc) is 2.57. The predicted molar refractivity (Wildman–Crippen MR) is 63.7 cm³/mol. The molecule has 3 rings (SSSR count). The molecule has 1 nitrogen and oxygen atoms in total. The first-order valence-electron chi connectivity index (χ1n) is 4.96. The van der Waals surface area contributed by atoms with E-state index in [9.17, 15) is 4.79 Å². The standard InChI is InChI=1S/C13H9BrO/c14-9-6-11-10-4-2-1-3-8(10)5-12(11)13(15)7-9/h1-4,6H,5,7H2. The molecule has 0 amide bonds. The van der Waals surface area contributed by atoms with E-state index in [-0.39, 0.29) is 5.78 Å². The number of allylic oxidation sites excluding steroid dienone is 4. The fraction of sp³-hybridized carbons (Fsp3) is 0.154. The van der Waals surface area contributed by atoms with E-state index in [1.807, 2.05) is 12.1 Å². The number of carbonyl (C=O) groups is 1. The highest BCUT2D eigenvalue weighted by Crippen LogP contribution is 2.39. The smallest absolute Gasteiger partial charge is 0.164 e. The molecule has 2 aliphatic carbocycles. The Kier molecular flexibility index (Phi) is 1.93. The van der Waals surface area contributed by atoms with E-state index >= 15 is 0 Å². The lowest BCUT2D eigenvalue weighted by molar-refractivity contribution is -0.114. The number of Topliss-reactive ketones (excluding diaryl/α,β-unsaturated/α-hetero) is 1. The van der Waals surface area contributed by atoms with Crippen LogP contribution in [0.3, 0.4) is 0 Å². The summed E-state index contributed by atoms with van der Waals surface area (Å²) in [7, 11) is 0. The Bertz CT molecular complexity index is 523. The highest BCUT2D eigenvalue weighted by molar-refractivity contribution is 9.11. The van der Waals surface area contributed by atoms with Crippen molar-refractivity contribution in [1.29, 1.82) is 0 Å². The number of carbonyl (C=O) groups excluding carboxylic acids is 1. The van der Waals surface area contributed by atoms with Crippen molar-refractivity contribution >= 4 is 27.3 Å². The second-order valence-electron chi connectivity index (χ2n) is 3.92. The third-order valence-electron chi connectivity index (χ3n) is 2.97. The summed E-state index contributed by atoms with van der Waals surface area (Å²) in [6.07, 6.45) is 3.41. The van der Waals surface area contributed by atoms with Gasteiger partial charge >= 0.3 is 0 Å². The molecule has 0 heterocycles. The number of halogens is 1. The maximum absolute atomic E-state index is 11.8. The zero-order chi connectivity index (χ0) is 10.4. The van der Waals surface area contributed by atoms with Crippen LogP contribution in [0, 0.1) is 0 Å². The summed E-state index contributed by atoms with van der Waals surface area (Å²) in [5.41, 5.74) is 4.60. The highest BCUT2D eigenvalue weighted by atomic mass is 79.9. The van der Waals surface area contributed by atoms with Crippen molar-refractivity contribution in [2.24, 2.45) is 0 Å². The third kappa shape index (κ3) is 1.32. The van der Waals surface area contributed by atoms with Crippen molar-refractivity contribution in [1.82, 2.24) is 0 Å². The minimum absolute atomic E-state index is 0.260. The van der Waals surface area contributed by atoms with Crippen molar-refractivity contribution in [3.05, 3.63) is 51.5 Å². The Morgan fingerprint density at radius 2 is 1.93 bits per heavy atom. The van der Waals surface area contributed by atoms with Crippen molar-refractivity contribution in [2.45, 2.75) is 12.8 Å². The maximum atomic E-state index is 11.8. The largest absolute Gasteiger partial charge is 0.294 e. The molecule has 0 saturated heterocycles.